The van der Waals surface area contributed by atoms with Crippen molar-refractivity contribution in [2.24, 2.45) is 5.10 Å². The Morgan fingerprint density at radius 3 is 2.31 bits per heavy atom. The van der Waals surface area contributed by atoms with E-state index in [2.05, 4.69) is 15.6 Å². The monoisotopic (exact) mass is 382 g/mol. The SMILES string of the molecule is O=C(N/N=C/c1ccccc1O)c1cn(-c2ccccc2)nc1-c1ccccc1. The second-order valence-corrected chi connectivity index (χ2v) is 6.30. The lowest BCUT2D eigenvalue weighted by molar-refractivity contribution is 0.0955. The molecule has 4 rings (SSSR count). The Hall–Kier alpha value is -4.19. The van der Waals surface area contributed by atoms with Crippen molar-refractivity contribution in [1.82, 2.24) is 15.2 Å². The molecule has 0 aliphatic carbocycles. The maximum absolute atomic E-state index is 12.8. The summed E-state index contributed by atoms with van der Waals surface area (Å²) in [5, 5.41) is 18.4. The molecule has 0 saturated carbocycles. The zero-order valence-electron chi connectivity index (χ0n) is 15.4. The van der Waals surface area contributed by atoms with E-state index in [1.165, 1.54) is 6.21 Å². The fraction of sp³-hybridized carbons (Fsp3) is 0. The van der Waals surface area contributed by atoms with Crippen LogP contribution >= 0.6 is 0 Å². The Kier molecular flexibility index (Phi) is 5.16. The number of rotatable bonds is 5. The number of phenols is 1. The topological polar surface area (TPSA) is 79.5 Å². The molecule has 4 aromatic rings. The van der Waals surface area contributed by atoms with Gasteiger partial charge in [-0.2, -0.15) is 10.2 Å². The van der Waals surface area contributed by atoms with Crippen molar-refractivity contribution in [2.75, 3.05) is 0 Å². The highest BCUT2D eigenvalue weighted by atomic mass is 16.3. The summed E-state index contributed by atoms with van der Waals surface area (Å²) in [5.74, 6) is -0.301. The number of aromatic hydroxyl groups is 1. The molecule has 1 aromatic heterocycles. The molecule has 1 amide bonds. The van der Waals surface area contributed by atoms with E-state index in [1.807, 2.05) is 60.7 Å². The number of carbonyl (C=O) groups excluding carboxylic acids is 1. The van der Waals surface area contributed by atoms with Crippen molar-refractivity contribution >= 4 is 12.1 Å². The smallest absolute Gasteiger partial charge is 0.275 e. The number of carbonyl (C=O) groups is 1. The molecule has 6 nitrogen and oxygen atoms in total. The molecular weight excluding hydrogens is 364 g/mol. The molecule has 29 heavy (non-hydrogen) atoms. The van der Waals surface area contributed by atoms with E-state index in [-0.39, 0.29) is 5.75 Å². The lowest BCUT2D eigenvalue weighted by Crippen LogP contribution is -2.18. The molecule has 3 aromatic carbocycles. The third kappa shape index (κ3) is 4.06. The van der Waals surface area contributed by atoms with Crippen LogP contribution in [0.2, 0.25) is 0 Å². The summed E-state index contributed by atoms with van der Waals surface area (Å²) in [7, 11) is 0. The highest BCUT2D eigenvalue weighted by Crippen LogP contribution is 2.23. The first-order chi connectivity index (χ1) is 14.2. The second-order valence-electron chi connectivity index (χ2n) is 6.30. The van der Waals surface area contributed by atoms with Gasteiger partial charge in [0.15, 0.2) is 0 Å². The van der Waals surface area contributed by atoms with Gasteiger partial charge in [-0.3, -0.25) is 4.79 Å². The number of nitrogens with one attached hydrogen (secondary N) is 1. The molecule has 0 atom stereocenters. The standard InChI is InChI=1S/C23H18N4O2/c28-21-14-8-7-11-18(21)15-24-25-23(29)20-16-27(19-12-5-2-6-13-19)26-22(20)17-9-3-1-4-10-17/h1-16,28H,(H,25,29)/b24-15+. The number of hydrogen-bond donors (Lipinski definition) is 2. The van der Waals surface area contributed by atoms with Crippen LogP contribution in [0.3, 0.4) is 0 Å². The Morgan fingerprint density at radius 2 is 1.59 bits per heavy atom. The molecule has 0 spiro atoms. The molecule has 1 heterocycles. The summed E-state index contributed by atoms with van der Waals surface area (Å²) >= 11 is 0. The maximum atomic E-state index is 12.8. The summed E-state index contributed by atoms with van der Waals surface area (Å²) in [4.78, 5) is 12.8. The minimum atomic E-state index is -0.391. The van der Waals surface area contributed by atoms with E-state index >= 15 is 0 Å². The van der Waals surface area contributed by atoms with Crippen LogP contribution in [-0.4, -0.2) is 27.0 Å². The minimum Gasteiger partial charge on any atom is -0.507 e. The van der Waals surface area contributed by atoms with Gasteiger partial charge in [-0.05, 0) is 24.3 Å². The fourth-order valence-corrected chi connectivity index (χ4v) is 2.88. The van der Waals surface area contributed by atoms with Crippen LogP contribution in [0.15, 0.2) is 96.2 Å². The molecule has 2 N–H and O–H groups in total. The molecule has 0 unspecified atom stereocenters. The van der Waals surface area contributed by atoms with Crippen LogP contribution in [-0.2, 0) is 0 Å². The molecule has 142 valence electrons. The van der Waals surface area contributed by atoms with E-state index in [0.29, 0.717) is 16.8 Å². The quantitative estimate of drug-likeness (QED) is 0.404. The first-order valence-electron chi connectivity index (χ1n) is 9.04. The van der Waals surface area contributed by atoms with Gasteiger partial charge in [0, 0.05) is 17.3 Å². The van der Waals surface area contributed by atoms with E-state index in [0.717, 1.165) is 11.3 Å². The molecular formula is C23H18N4O2. The van der Waals surface area contributed by atoms with Gasteiger partial charge in [0.1, 0.15) is 11.4 Å². The molecule has 0 aliphatic rings. The molecule has 0 fully saturated rings. The number of aromatic nitrogens is 2. The van der Waals surface area contributed by atoms with Gasteiger partial charge < -0.3 is 5.11 Å². The Labute approximate surface area is 167 Å². The molecule has 0 aliphatic heterocycles. The number of hydrazone groups is 1. The van der Waals surface area contributed by atoms with E-state index < -0.39 is 5.91 Å². The van der Waals surface area contributed by atoms with Gasteiger partial charge in [-0.25, -0.2) is 10.1 Å². The summed E-state index contributed by atoms with van der Waals surface area (Å²) in [6.07, 6.45) is 3.08. The number of amides is 1. The van der Waals surface area contributed by atoms with E-state index in [9.17, 15) is 9.90 Å². The number of benzene rings is 3. The van der Waals surface area contributed by atoms with Crippen molar-refractivity contribution in [3.63, 3.8) is 0 Å². The fourth-order valence-electron chi connectivity index (χ4n) is 2.88. The third-order valence-electron chi connectivity index (χ3n) is 4.33. The van der Waals surface area contributed by atoms with Crippen LogP contribution in [0.25, 0.3) is 16.9 Å². The molecule has 0 saturated heterocycles. The van der Waals surface area contributed by atoms with Gasteiger partial charge >= 0.3 is 0 Å². The van der Waals surface area contributed by atoms with Crippen molar-refractivity contribution in [3.8, 4) is 22.7 Å². The minimum absolute atomic E-state index is 0.0902. The van der Waals surface area contributed by atoms with Crippen molar-refractivity contribution in [1.29, 1.82) is 0 Å². The lowest BCUT2D eigenvalue weighted by Gasteiger charge is -2.01. The zero-order valence-corrected chi connectivity index (χ0v) is 15.4. The number of phenolic OH excluding ortho intramolecular Hbond substituents is 1. The maximum Gasteiger partial charge on any atom is 0.275 e. The summed E-state index contributed by atoms with van der Waals surface area (Å²) in [6.45, 7) is 0. The Morgan fingerprint density at radius 1 is 0.931 bits per heavy atom. The average molecular weight is 382 g/mol. The highest BCUT2D eigenvalue weighted by Gasteiger charge is 2.18. The van der Waals surface area contributed by atoms with Gasteiger partial charge in [0.2, 0.25) is 0 Å². The highest BCUT2D eigenvalue weighted by molar-refractivity contribution is 6.00. The summed E-state index contributed by atoms with van der Waals surface area (Å²) < 4.78 is 1.67. The second kappa shape index (κ2) is 8.22. The van der Waals surface area contributed by atoms with Crippen LogP contribution < -0.4 is 5.43 Å². The van der Waals surface area contributed by atoms with Crippen molar-refractivity contribution in [2.45, 2.75) is 0 Å². The van der Waals surface area contributed by atoms with Crippen molar-refractivity contribution < 1.29 is 9.90 Å². The van der Waals surface area contributed by atoms with Crippen LogP contribution in [0.5, 0.6) is 5.75 Å². The van der Waals surface area contributed by atoms with E-state index in [4.69, 9.17) is 0 Å². The molecule has 0 radical (unpaired) electrons. The lowest BCUT2D eigenvalue weighted by atomic mass is 10.1. The van der Waals surface area contributed by atoms with Gasteiger partial charge in [0.05, 0.1) is 17.5 Å². The van der Waals surface area contributed by atoms with Gasteiger partial charge in [-0.1, -0.05) is 60.7 Å². The summed E-state index contributed by atoms with van der Waals surface area (Å²) in [6, 6.07) is 25.8. The largest absolute Gasteiger partial charge is 0.507 e. The predicted molar refractivity (Wildman–Crippen MR) is 112 cm³/mol. The van der Waals surface area contributed by atoms with Crippen molar-refractivity contribution in [3.05, 3.63) is 102 Å². The molecule has 0 bridgehead atoms. The van der Waals surface area contributed by atoms with E-state index in [1.54, 1.807) is 35.1 Å². The zero-order chi connectivity index (χ0) is 20.1. The average Bonchev–Trinajstić information content (AvgIpc) is 3.22. The van der Waals surface area contributed by atoms with Crippen LogP contribution in [0, 0.1) is 0 Å². The molecule has 6 heteroatoms. The van der Waals surface area contributed by atoms with Gasteiger partial charge in [0.25, 0.3) is 5.91 Å². The summed E-state index contributed by atoms with van der Waals surface area (Å²) in [5.41, 5.74) is 5.66. The van der Waals surface area contributed by atoms with Crippen LogP contribution in [0.1, 0.15) is 15.9 Å². The Bertz CT molecular complexity index is 1150. The first-order valence-corrected chi connectivity index (χ1v) is 9.04. The Balaban J connectivity index is 1.65. The van der Waals surface area contributed by atoms with Crippen LogP contribution in [0.4, 0.5) is 0 Å². The number of nitrogens with zero attached hydrogens (tertiary/aromatic N) is 3. The number of hydrogen-bond acceptors (Lipinski definition) is 4. The van der Waals surface area contributed by atoms with Gasteiger partial charge in [-0.15, -0.1) is 0 Å². The third-order valence-corrected chi connectivity index (χ3v) is 4.33. The number of para-hydroxylation sites is 2. The first kappa shape index (κ1) is 18.2. The predicted octanol–water partition coefficient (Wildman–Crippen LogP) is 4.01. The normalized spacial score (nSPS) is 10.9.